The van der Waals surface area contributed by atoms with E-state index in [1.54, 1.807) is 19.1 Å². The standard InChI is InChI=1S/C25H21N3O5/c1-15-8-10-17(11-9-15)19-14-18(22-16(2)27-33-23(22)26-19)24(29)31-13-5-12-28-20-6-3-4-7-21(20)32-25(28)30/h3-4,6-11,14H,5,12-13H2,1-2H3. The van der Waals surface area contributed by atoms with Crippen molar-refractivity contribution in [1.82, 2.24) is 14.7 Å². The van der Waals surface area contributed by atoms with Crippen LogP contribution in [0.1, 0.15) is 28.0 Å². The van der Waals surface area contributed by atoms with Gasteiger partial charge in [-0.05, 0) is 38.5 Å². The lowest BCUT2D eigenvalue weighted by molar-refractivity contribution is 0.0498. The summed E-state index contributed by atoms with van der Waals surface area (Å²) in [5.41, 5.74) is 5.03. The highest BCUT2D eigenvalue weighted by Crippen LogP contribution is 2.28. The van der Waals surface area contributed by atoms with E-state index in [0.29, 0.717) is 46.4 Å². The van der Waals surface area contributed by atoms with Crippen LogP contribution in [0.25, 0.3) is 33.5 Å². The van der Waals surface area contributed by atoms with Gasteiger partial charge < -0.3 is 13.7 Å². The molecule has 0 aliphatic heterocycles. The molecule has 3 aromatic heterocycles. The number of pyridine rings is 1. The lowest BCUT2D eigenvalue weighted by Gasteiger charge is -2.08. The van der Waals surface area contributed by atoms with Gasteiger partial charge in [0.15, 0.2) is 5.58 Å². The number of hydrogen-bond acceptors (Lipinski definition) is 7. The fourth-order valence-electron chi connectivity index (χ4n) is 3.82. The van der Waals surface area contributed by atoms with Crippen LogP contribution in [-0.4, -0.2) is 27.3 Å². The first kappa shape index (κ1) is 20.7. The fourth-order valence-corrected chi connectivity index (χ4v) is 3.82. The van der Waals surface area contributed by atoms with Crippen LogP contribution in [0.15, 0.2) is 68.3 Å². The molecule has 2 aromatic carbocycles. The number of aromatic nitrogens is 3. The number of ether oxygens (including phenoxy) is 1. The molecule has 8 nitrogen and oxygen atoms in total. The van der Waals surface area contributed by atoms with Gasteiger partial charge in [0.1, 0.15) is 0 Å². The molecule has 0 saturated heterocycles. The zero-order valence-corrected chi connectivity index (χ0v) is 18.2. The van der Waals surface area contributed by atoms with E-state index in [0.717, 1.165) is 11.1 Å². The summed E-state index contributed by atoms with van der Waals surface area (Å²) < 4.78 is 17.6. The van der Waals surface area contributed by atoms with E-state index in [9.17, 15) is 9.59 Å². The van der Waals surface area contributed by atoms with Gasteiger partial charge in [0.05, 0.1) is 34.5 Å². The second kappa shape index (κ2) is 8.38. The molecule has 0 aliphatic carbocycles. The molecule has 0 spiro atoms. The Kier molecular flexibility index (Phi) is 5.26. The Bertz CT molecular complexity index is 1530. The van der Waals surface area contributed by atoms with Gasteiger partial charge >= 0.3 is 11.7 Å². The van der Waals surface area contributed by atoms with Crippen LogP contribution in [-0.2, 0) is 11.3 Å². The van der Waals surface area contributed by atoms with Gasteiger partial charge in [0.25, 0.3) is 5.71 Å². The number of rotatable bonds is 6. The monoisotopic (exact) mass is 443 g/mol. The molecule has 0 amide bonds. The van der Waals surface area contributed by atoms with Gasteiger partial charge in [-0.1, -0.05) is 47.1 Å². The molecule has 0 radical (unpaired) electrons. The quantitative estimate of drug-likeness (QED) is 0.278. The fraction of sp³-hybridized carbons (Fsp3) is 0.200. The number of para-hydroxylation sites is 2. The Morgan fingerprint density at radius 2 is 1.88 bits per heavy atom. The molecule has 5 rings (SSSR count). The van der Waals surface area contributed by atoms with Crippen molar-refractivity contribution in [2.75, 3.05) is 6.61 Å². The maximum absolute atomic E-state index is 13.0. The molecule has 0 atom stereocenters. The molecular weight excluding hydrogens is 422 g/mol. The number of carbonyl (C=O) groups is 1. The van der Waals surface area contributed by atoms with Crippen molar-refractivity contribution in [3.63, 3.8) is 0 Å². The smallest absolute Gasteiger partial charge is 0.419 e. The number of esters is 1. The average Bonchev–Trinajstić information content (AvgIpc) is 3.35. The first-order valence-electron chi connectivity index (χ1n) is 10.6. The van der Waals surface area contributed by atoms with E-state index in [1.807, 2.05) is 49.4 Å². The molecule has 0 aliphatic rings. The summed E-state index contributed by atoms with van der Waals surface area (Å²) in [5, 5.41) is 4.50. The Hall–Kier alpha value is -4.20. The van der Waals surface area contributed by atoms with Crippen molar-refractivity contribution in [2.45, 2.75) is 26.8 Å². The SMILES string of the molecule is Cc1ccc(-c2cc(C(=O)OCCCn3c(=O)oc4ccccc43)c3c(C)noc3n2)cc1. The largest absolute Gasteiger partial charge is 0.462 e. The number of benzene rings is 2. The van der Waals surface area contributed by atoms with Crippen molar-refractivity contribution >= 4 is 28.2 Å². The van der Waals surface area contributed by atoms with Crippen LogP contribution < -0.4 is 5.76 Å². The summed E-state index contributed by atoms with van der Waals surface area (Å²) >= 11 is 0. The van der Waals surface area contributed by atoms with Crippen LogP contribution in [0.3, 0.4) is 0 Å². The first-order chi connectivity index (χ1) is 16.0. The van der Waals surface area contributed by atoms with Gasteiger partial charge in [-0.3, -0.25) is 4.57 Å². The second-order valence-corrected chi connectivity index (χ2v) is 7.85. The number of oxazole rings is 1. The summed E-state index contributed by atoms with van der Waals surface area (Å²) in [4.78, 5) is 29.6. The number of hydrogen-bond donors (Lipinski definition) is 0. The Morgan fingerprint density at radius 3 is 2.70 bits per heavy atom. The van der Waals surface area contributed by atoms with Gasteiger partial charge in [-0.25, -0.2) is 14.6 Å². The van der Waals surface area contributed by atoms with Crippen LogP contribution >= 0.6 is 0 Å². The first-order valence-corrected chi connectivity index (χ1v) is 10.6. The molecular formula is C25H21N3O5. The third-order valence-electron chi connectivity index (χ3n) is 5.52. The van der Waals surface area contributed by atoms with Crippen molar-refractivity contribution in [3.8, 4) is 11.3 Å². The molecule has 166 valence electrons. The molecule has 5 aromatic rings. The van der Waals surface area contributed by atoms with Crippen LogP contribution in [0.4, 0.5) is 0 Å². The molecule has 0 unspecified atom stereocenters. The minimum Gasteiger partial charge on any atom is -0.462 e. The number of fused-ring (bicyclic) bond motifs is 2. The normalized spacial score (nSPS) is 11.3. The van der Waals surface area contributed by atoms with Crippen LogP contribution in [0, 0.1) is 13.8 Å². The molecule has 0 fully saturated rings. The topological polar surface area (TPSA) is 100 Å². The van der Waals surface area contributed by atoms with E-state index in [1.165, 1.54) is 4.57 Å². The highest BCUT2D eigenvalue weighted by atomic mass is 16.5. The van der Waals surface area contributed by atoms with Crippen molar-refractivity contribution < 1.29 is 18.5 Å². The van der Waals surface area contributed by atoms with Gasteiger partial charge in [0.2, 0.25) is 0 Å². The molecule has 33 heavy (non-hydrogen) atoms. The lowest BCUT2D eigenvalue weighted by Crippen LogP contribution is -2.16. The highest BCUT2D eigenvalue weighted by Gasteiger charge is 2.20. The molecule has 0 saturated carbocycles. The van der Waals surface area contributed by atoms with E-state index in [2.05, 4.69) is 10.1 Å². The number of carbonyl (C=O) groups excluding carboxylic acids is 1. The van der Waals surface area contributed by atoms with Crippen LogP contribution in [0.2, 0.25) is 0 Å². The molecule has 8 heteroatoms. The van der Waals surface area contributed by atoms with Gasteiger partial charge in [-0.15, -0.1) is 0 Å². The third-order valence-corrected chi connectivity index (χ3v) is 5.52. The van der Waals surface area contributed by atoms with Gasteiger partial charge in [-0.2, -0.15) is 0 Å². The van der Waals surface area contributed by atoms with E-state index in [4.69, 9.17) is 13.7 Å². The molecule has 0 bridgehead atoms. The minimum atomic E-state index is -0.494. The zero-order chi connectivity index (χ0) is 22.9. The van der Waals surface area contributed by atoms with Crippen LogP contribution in [0.5, 0.6) is 0 Å². The Balaban J connectivity index is 1.35. The maximum atomic E-state index is 13.0. The minimum absolute atomic E-state index is 0.138. The predicted octanol–water partition coefficient (Wildman–Crippen LogP) is 4.66. The van der Waals surface area contributed by atoms with Crippen molar-refractivity contribution in [3.05, 3.63) is 82.0 Å². The number of nitrogens with zero attached hydrogens (tertiary/aromatic N) is 3. The molecule has 3 heterocycles. The van der Waals surface area contributed by atoms with Gasteiger partial charge in [0, 0.05) is 12.1 Å². The summed E-state index contributed by atoms with van der Waals surface area (Å²) in [5.74, 6) is -0.923. The summed E-state index contributed by atoms with van der Waals surface area (Å²) in [6.45, 7) is 4.27. The lowest BCUT2D eigenvalue weighted by atomic mass is 10.0. The van der Waals surface area contributed by atoms with Crippen molar-refractivity contribution in [2.24, 2.45) is 0 Å². The summed E-state index contributed by atoms with van der Waals surface area (Å²) in [7, 11) is 0. The Morgan fingerprint density at radius 1 is 1.09 bits per heavy atom. The van der Waals surface area contributed by atoms with E-state index in [-0.39, 0.29) is 12.3 Å². The average molecular weight is 443 g/mol. The maximum Gasteiger partial charge on any atom is 0.419 e. The zero-order valence-electron chi connectivity index (χ0n) is 18.2. The number of aryl methyl sites for hydroxylation is 3. The second-order valence-electron chi connectivity index (χ2n) is 7.85. The molecule has 0 N–H and O–H groups in total. The van der Waals surface area contributed by atoms with Crippen molar-refractivity contribution in [1.29, 1.82) is 0 Å². The summed E-state index contributed by atoms with van der Waals surface area (Å²) in [6, 6.07) is 16.8. The highest BCUT2D eigenvalue weighted by molar-refractivity contribution is 6.04. The third kappa shape index (κ3) is 3.91. The Labute approximate surface area is 188 Å². The summed E-state index contributed by atoms with van der Waals surface area (Å²) in [6.07, 6.45) is 0.455. The predicted molar refractivity (Wildman–Crippen MR) is 122 cm³/mol. The van der Waals surface area contributed by atoms with E-state index >= 15 is 0 Å². The van der Waals surface area contributed by atoms with E-state index < -0.39 is 11.7 Å².